The van der Waals surface area contributed by atoms with Crippen LogP contribution in [0.3, 0.4) is 0 Å². The maximum absolute atomic E-state index is 6.20. The van der Waals surface area contributed by atoms with Gasteiger partial charge in [-0.3, -0.25) is 4.68 Å². The van der Waals surface area contributed by atoms with Gasteiger partial charge in [0.15, 0.2) is 0 Å². The van der Waals surface area contributed by atoms with Crippen molar-refractivity contribution in [3.63, 3.8) is 0 Å². The minimum absolute atomic E-state index is 0.374. The van der Waals surface area contributed by atoms with Crippen LogP contribution in [0.25, 0.3) is 0 Å². The molecule has 1 aromatic carbocycles. The summed E-state index contributed by atoms with van der Waals surface area (Å²) in [7, 11) is 1.88. The van der Waals surface area contributed by atoms with E-state index in [4.69, 9.17) is 27.9 Å². The molecule has 3 nitrogen and oxygen atoms in total. The molecule has 0 unspecified atom stereocenters. The Bertz CT molecular complexity index is 644. The normalized spacial score (nSPS) is 10.9. The van der Waals surface area contributed by atoms with Gasteiger partial charge in [0.2, 0.25) is 0 Å². The second-order valence-corrected chi connectivity index (χ2v) is 6.47. The average Bonchev–Trinajstić information content (AvgIpc) is 2.62. The first kappa shape index (κ1) is 16.1. The first-order valence-corrected chi connectivity index (χ1v) is 8.45. The van der Waals surface area contributed by atoms with Gasteiger partial charge in [0.05, 0.1) is 20.9 Å². The highest BCUT2D eigenvalue weighted by Gasteiger charge is 2.14. The Morgan fingerprint density at radius 2 is 2.05 bits per heavy atom. The van der Waals surface area contributed by atoms with Crippen LogP contribution in [0.15, 0.2) is 16.6 Å². The first-order chi connectivity index (χ1) is 9.43. The molecule has 0 saturated heterocycles. The Morgan fingerprint density at radius 3 is 2.60 bits per heavy atom. The molecule has 1 heterocycles. The molecule has 0 aliphatic rings. The van der Waals surface area contributed by atoms with Gasteiger partial charge < -0.3 is 4.74 Å². The fourth-order valence-electron chi connectivity index (χ4n) is 1.85. The zero-order valence-electron chi connectivity index (χ0n) is 10.9. The summed E-state index contributed by atoms with van der Waals surface area (Å²) in [4.78, 5) is 0. The zero-order chi connectivity index (χ0) is 14.9. The highest BCUT2D eigenvalue weighted by atomic mass is 79.9. The van der Waals surface area contributed by atoms with Crippen molar-refractivity contribution in [2.24, 2.45) is 7.05 Å². The zero-order valence-corrected chi connectivity index (χ0v) is 15.6. The molecule has 0 radical (unpaired) electrons. The molecular weight excluding hydrogens is 431 g/mol. The van der Waals surface area contributed by atoms with Crippen molar-refractivity contribution in [2.75, 3.05) is 0 Å². The highest BCUT2D eigenvalue weighted by molar-refractivity contribution is 9.10. The maximum Gasteiger partial charge on any atom is 0.142 e. The van der Waals surface area contributed by atoms with Crippen molar-refractivity contribution in [1.29, 1.82) is 0 Å². The molecule has 0 aliphatic carbocycles. The Kier molecular flexibility index (Phi) is 5.40. The summed E-state index contributed by atoms with van der Waals surface area (Å²) >= 11 is 19.1. The molecular formula is C13H12Br2Cl2N2O. The molecule has 0 atom stereocenters. The molecule has 108 valence electrons. The first-order valence-electron chi connectivity index (χ1n) is 5.78. The lowest BCUT2D eigenvalue weighted by molar-refractivity contribution is 0.292. The van der Waals surface area contributed by atoms with Gasteiger partial charge in [0, 0.05) is 23.0 Å². The van der Waals surface area contributed by atoms with Crippen LogP contribution in [0, 0.1) is 6.92 Å². The summed E-state index contributed by atoms with van der Waals surface area (Å²) in [6, 6.07) is 3.51. The minimum Gasteiger partial charge on any atom is -0.485 e. The number of alkyl halides is 1. The maximum atomic E-state index is 6.20. The fourth-order valence-corrected chi connectivity index (χ4v) is 3.31. The number of hydrogen-bond donors (Lipinski definition) is 0. The van der Waals surface area contributed by atoms with Crippen LogP contribution in [0.4, 0.5) is 0 Å². The molecule has 2 rings (SSSR count). The number of ether oxygens (including phenoxy) is 1. The molecule has 0 amide bonds. The van der Waals surface area contributed by atoms with Crippen LogP contribution in [0.5, 0.6) is 5.75 Å². The van der Waals surface area contributed by atoms with Crippen LogP contribution in [0.2, 0.25) is 10.0 Å². The number of aromatic nitrogens is 2. The summed E-state index contributed by atoms with van der Waals surface area (Å²) in [6.45, 7) is 2.31. The third-order valence-electron chi connectivity index (χ3n) is 2.84. The van der Waals surface area contributed by atoms with E-state index in [9.17, 15) is 0 Å². The molecule has 0 spiro atoms. The molecule has 0 aliphatic heterocycles. The lowest BCUT2D eigenvalue weighted by atomic mass is 10.2. The van der Waals surface area contributed by atoms with Crippen molar-refractivity contribution in [3.05, 3.63) is 43.6 Å². The Labute approximate surface area is 144 Å². The monoisotopic (exact) mass is 440 g/mol. The van der Waals surface area contributed by atoms with Crippen molar-refractivity contribution in [1.82, 2.24) is 9.78 Å². The van der Waals surface area contributed by atoms with Gasteiger partial charge in [0.25, 0.3) is 0 Å². The molecule has 0 saturated carbocycles. The predicted octanol–water partition coefficient (Wildman–Crippen LogP) is 5.27. The van der Waals surface area contributed by atoms with Crippen LogP contribution in [-0.4, -0.2) is 9.78 Å². The van der Waals surface area contributed by atoms with Crippen molar-refractivity contribution in [2.45, 2.75) is 18.9 Å². The van der Waals surface area contributed by atoms with Gasteiger partial charge in [-0.25, -0.2) is 0 Å². The summed E-state index contributed by atoms with van der Waals surface area (Å²) in [6.07, 6.45) is 0. The minimum atomic E-state index is 0.374. The van der Waals surface area contributed by atoms with Crippen LogP contribution < -0.4 is 4.74 Å². The predicted molar refractivity (Wildman–Crippen MR) is 89.1 cm³/mol. The van der Waals surface area contributed by atoms with E-state index >= 15 is 0 Å². The number of rotatable bonds is 4. The Morgan fingerprint density at radius 1 is 1.35 bits per heavy atom. The van der Waals surface area contributed by atoms with E-state index in [1.807, 2.05) is 20.0 Å². The second kappa shape index (κ2) is 6.69. The lowest BCUT2D eigenvalue weighted by Gasteiger charge is -2.13. The molecule has 7 heteroatoms. The molecule has 1 aromatic heterocycles. The molecule has 0 N–H and O–H groups in total. The van der Waals surface area contributed by atoms with E-state index in [2.05, 4.69) is 37.0 Å². The third kappa shape index (κ3) is 3.32. The largest absolute Gasteiger partial charge is 0.485 e. The van der Waals surface area contributed by atoms with Crippen molar-refractivity contribution < 1.29 is 4.74 Å². The van der Waals surface area contributed by atoms with Crippen LogP contribution in [0.1, 0.15) is 17.0 Å². The molecule has 0 bridgehead atoms. The van der Waals surface area contributed by atoms with Gasteiger partial charge in [-0.15, -0.1) is 0 Å². The SMILES string of the molecule is Cc1nn(C)c(COc2c(Cl)cc(Cl)cc2CBr)c1Br. The van der Waals surface area contributed by atoms with Gasteiger partial charge in [-0.2, -0.15) is 5.10 Å². The number of aryl methyl sites for hydroxylation is 2. The lowest BCUT2D eigenvalue weighted by Crippen LogP contribution is -2.05. The van der Waals surface area contributed by atoms with Crippen molar-refractivity contribution in [3.8, 4) is 5.75 Å². The van der Waals surface area contributed by atoms with E-state index in [0.29, 0.717) is 27.7 Å². The van der Waals surface area contributed by atoms with E-state index in [0.717, 1.165) is 21.4 Å². The number of hydrogen-bond acceptors (Lipinski definition) is 2. The van der Waals surface area contributed by atoms with E-state index < -0.39 is 0 Å². The van der Waals surface area contributed by atoms with E-state index in [1.54, 1.807) is 10.7 Å². The van der Waals surface area contributed by atoms with Gasteiger partial charge in [-0.05, 0) is 35.0 Å². The summed E-state index contributed by atoms with van der Waals surface area (Å²) in [5, 5.41) is 6.04. The smallest absolute Gasteiger partial charge is 0.142 e. The highest BCUT2D eigenvalue weighted by Crippen LogP contribution is 2.34. The van der Waals surface area contributed by atoms with Gasteiger partial charge in [-0.1, -0.05) is 39.1 Å². The number of benzene rings is 1. The van der Waals surface area contributed by atoms with Crippen LogP contribution in [-0.2, 0) is 19.0 Å². The average molecular weight is 443 g/mol. The summed E-state index contributed by atoms with van der Waals surface area (Å²) in [5.74, 6) is 0.638. The Hall–Kier alpha value is -0.230. The molecule has 20 heavy (non-hydrogen) atoms. The topological polar surface area (TPSA) is 27.1 Å². The summed E-state index contributed by atoms with van der Waals surface area (Å²) in [5.41, 5.74) is 2.79. The number of nitrogens with zero attached hydrogens (tertiary/aromatic N) is 2. The van der Waals surface area contributed by atoms with Gasteiger partial charge >= 0.3 is 0 Å². The van der Waals surface area contributed by atoms with E-state index in [-0.39, 0.29) is 0 Å². The standard InChI is InChI=1S/C13H12Br2Cl2N2O/c1-7-12(15)11(19(2)18-7)6-20-13-8(5-14)3-9(16)4-10(13)17/h3-4H,5-6H2,1-2H3. The summed E-state index contributed by atoms with van der Waals surface area (Å²) < 4.78 is 8.60. The van der Waals surface area contributed by atoms with Gasteiger partial charge in [0.1, 0.15) is 12.4 Å². The molecule has 0 fully saturated rings. The molecule has 2 aromatic rings. The quantitative estimate of drug-likeness (QED) is 0.603. The van der Waals surface area contributed by atoms with E-state index in [1.165, 1.54) is 0 Å². The van der Waals surface area contributed by atoms with Crippen LogP contribution >= 0.6 is 55.1 Å². The fraction of sp³-hybridized carbons (Fsp3) is 0.308. The Balaban J connectivity index is 2.27. The third-order valence-corrected chi connectivity index (χ3v) is 4.98. The van der Waals surface area contributed by atoms with Crippen molar-refractivity contribution >= 4 is 55.1 Å². The second-order valence-electron chi connectivity index (χ2n) is 4.27. The number of halogens is 4.